The van der Waals surface area contributed by atoms with Crippen molar-refractivity contribution >= 4 is 74.6 Å². The Balaban J connectivity index is 1.23. The van der Waals surface area contributed by atoms with Crippen LogP contribution in [-0.2, 0) is 0 Å². The zero-order chi connectivity index (χ0) is 26.9. The third-order valence-corrected chi connectivity index (χ3v) is 9.92. The lowest BCUT2D eigenvalue weighted by Gasteiger charge is -2.08. The monoisotopic (exact) mass is 536 g/mol. The molecule has 0 fully saturated rings. The van der Waals surface area contributed by atoms with Crippen molar-refractivity contribution in [3.05, 3.63) is 146 Å². The maximum atomic E-state index is 2.36. The van der Waals surface area contributed by atoms with E-state index in [1.807, 2.05) is 11.3 Å². The summed E-state index contributed by atoms with van der Waals surface area (Å²) in [4.78, 5) is 0. The number of fused-ring (bicyclic) bond motifs is 9. The maximum absolute atomic E-state index is 2.36. The van der Waals surface area contributed by atoms with Crippen LogP contribution in [0.3, 0.4) is 0 Å². The number of hydrogen-bond acceptors (Lipinski definition) is 1. The van der Waals surface area contributed by atoms with E-state index in [0.29, 0.717) is 0 Å². The average Bonchev–Trinajstić information content (AvgIpc) is 3.43. The summed E-state index contributed by atoms with van der Waals surface area (Å²) in [7, 11) is 0. The minimum atomic E-state index is 1.27. The molecule has 0 aliphatic heterocycles. The normalized spacial score (nSPS) is 11.9. The van der Waals surface area contributed by atoms with Crippen LogP contribution in [0.15, 0.2) is 146 Å². The highest BCUT2D eigenvalue weighted by Gasteiger charge is 2.15. The van der Waals surface area contributed by atoms with Crippen LogP contribution in [0, 0.1) is 0 Å². The van der Waals surface area contributed by atoms with E-state index in [2.05, 4.69) is 146 Å². The molecule has 1 heteroatoms. The Labute approximate surface area is 241 Å². The van der Waals surface area contributed by atoms with Gasteiger partial charge in [-0.2, -0.15) is 0 Å². The van der Waals surface area contributed by atoms with Gasteiger partial charge in [-0.05, 0) is 77.5 Å². The largest absolute Gasteiger partial charge is 0.134 e. The molecule has 0 saturated heterocycles. The standard InChI is InChI=1S/C40H24S/c1-3-9-31-25(7-1)15-17-27-23-29(19-21-33(27)31)35-11-5-13-37-38-14-6-12-36(40(38)41-39(35)37)30-20-22-34-28(24-30)18-16-26-8-2-4-10-32(26)34/h1-24H. The minimum absolute atomic E-state index is 1.27. The molecule has 1 aromatic heterocycles. The summed E-state index contributed by atoms with van der Waals surface area (Å²) in [5.74, 6) is 0. The third kappa shape index (κ3) is 3.46. The molecule has 0 aliphatic rings. The quantitative estimate of drug-likeness (QED) is 0.193. The molecule has 0 aliphatic carbocycles. The molecule has 0 atom stereocenters. The topological polar surface area (TPSA) is 0 Å². The average molecular weight is 537 g/mol. The van der Waals surface area contributed by atoms with Crippen LogP contribution in [0.4, 0.5) is 0 Å². The Morgan fingerprint density at radius 1 is 0.293 bits per heavy atom. The van der Waals surface area contributed by atoms with Crippen LogP contribution >= 0.6 is 11.3 Å². The van der Waals surface area contributed by atoms with Crippen LogP contribution in [0.5, 0.6) is 0 Å². The molecule has 8 aromatic carbocycles. The summed E-state index contributed by atoms with van der Waals surface area (Å²) in [5.41, 5.74) is 5.14. The Morgan fingerprint density at radius 3 is 1.22 bits per heavy atom. The van der Waals surface area contributed by atoms with Crippen molar-refractivity contribution in [2.24, 2.45) is 0 Å². The molecular weight excluding hydrogens is 513 g/mol. The summed E-state index contributed by atoms with van der Waals surface area (Å²) < 4.78 is 2.70. The van der Waals surface area contributed by atoms with Crippen LogP contribution in [0.1, 0.15) is 0 Å². The van der Waals surface area contributed by atoms with Gasteiger partial charge in [-0.1, -0.05) is 133 Å². The smallest absolute Gasteiger partial charge is 0.0434 e. The molecule has 9 rings (SSSR count). The van der Waals surface area contributed by atoms with Crippen molar-refractivity contribution in [2.45, 2.75) is 0 Å². The first-order chi connectivity index (χ1) is 20.3. The first kappa shape index (κ1) is 22.8. The van der Waals surface area contributed by atoms with Gasteiger partial charge in [-0.15, -0.1) is 11.3 Å². The number of thiophene rings is 1. The molecule has 0 bridgehead atoms. The van der Waals surface area contributed by atoms with E-state index in [1.165, 1.54) is 85.5 Å². The van der Waals surface area contributed by atoms with E-state index in [4.69, 9.17) is 0 Å². The Kier molecular flexibility index (Phi) is 4.87. The Bertz CT molecular complexity index is 2300. The van der Waals surface area contributed by atoms with Gasteiger partial charge in [0, 0.05) is 20.2 Å². The first-order valence-electron chi connectivity index (χ1n) is 14.1. The zero-order valence-electron chi connectivity index (χ0n) is 22.3. The predicted molar refractivity (Wildman–Crippen MR) is 180 cm³/mol. The van der Waals surface area contributed by atoms with Gasteiger partial charge in [0.15, 0.2) is 0 Å². The van der Waals surface area contributed by atoms with Gasteiger partial charge in [0.1, 0.15) is 0 Å². The number of hydrogen-bond donors (Lipinski definition) is 0. The summed E-state index contributed by atoms with van der Waals surface area (Å²) >= 11 is 1.92. The molecular formula is C40H24S. The van der Waals surface area contributed by atoms with Crippen molar-refractivity contribution in [1.82, 2.24) is 0 Å². The van der Waals surface area contributed by atoms with Crippen LogP contribution in [0.2, 0.25) is 0 Å². The van der Waals surface area contributed by atoms with E-state index < -0.39 is 0 Å². The van der Waals surface area contributed by atoms with Crippen molar-refractivity contribution in [2.75, 3.05) is 0 Å². The molecule has 0 nitrogen and oxygen atoms in total. The predicted octanol–water partition coefficient (Wildman–Crippen LogP) is 12.0. The van der Waals surface area contributed by atoms with E-state index >= 15 is 0 Å². The van der Waals surface area contributed by atoms with Gasteiger partial charge in [-0.3, -0.25) is 0 Å². The lowest BCUT2D eigenvalue weighted by molar-refractivity contribution is 1.71. The van der Waals surface area contributed by atoms with E-state index in [1.54, 1.807) is 0 Å². The second-order valence-electron chi connectivity index (χ2n) is 10.9. The van der Waals surface area contributed by atoms with Crippen LogP contribution in [-0.4, -0.2) is 0 Å². The molecule has 0 unspecified atom stereocenters. The molecule has 0 amide bonds. The van der Waals surface area contributed by atoms with Gasteiger partial charge in [0.2, 0.25) is 0 Å². The van der Waals surface area contributed by atoms with Crippen molar-refractivity contribution in [3.63, 3.8) is 0 Å². The Morgan fingerprint density at radius 2 is 0.707 bits per heavy atom. The lowest BCUT2D eigenvalue weighted by Crippen LogP contribution is -1.82. The Hall–Kier alpha value is -4.98. The highest BCUT2D eigenvalue weighted by atomic mass is 32.1. The molecule has 0 N–H and O–H groups in total. The van der Waals surface area contributed by atoms with Crippen LogP contribution in [0.25, 0.3) is 85.5 Å². The fourth-order valence-electron chi connectivity index (χ4n) is 6.64. The van der Waals surface area contributed by atoms with Gasteiger partial charge >= 0.3 is 0 Å². The van der Waals surface area contributed by atoms with Gasteiger partial charge < -0.3 is 0 Å². The molecule has 0 radical (unpaired) electrons. The SMILES string of the molecule is c1ccc2c(c1)ccc1cc(-c3cccc4c3sc3c(-c5ccc6c(ccc7ccccc76)c5)cccc34)ccc12. The molecule has 41 heavy (non-hydrogen) atoms. The number of benzene rings is 8. The summed E-state index contributed by atoms with van der Waals surface area (Å²) in [6.45, 7) is 0. The highest BCUT2D eigenvalue weighted by molar-refractivity contribution is 7.26. The second-order valence-corrected chi connectivity index (χ2v) is 11.9. The van der Waals surface area contributed by atoms with E-state index in [9.17, 15) is 0 Å². The van der Waals surface area contributed by atoms with Crippen molar-refractivity contribution < 1.29 is 0 Å². The van der Waals surface area contributed by atoms with E-state index in [-0.39, 0.29) is 0 Å². The third-order valence-electron chi connectivity index (χ3n) is 8.64. The zero-order valence-corrected chi connectivity index (χ0v) is 23.1. The van der Waals surface area contributed by atoms with Gasteiger partial charge in [0.25, 0.3) is 0 Å². The fraction of sp³-hybridized carbons (Fsp3) is 0. The van der Waals surface area contributed by atoms with Crippen LogP contribution < -0.4 is 0 Å². The minimum Gasteiger partial charge on any atom is -0.134 e. The molecule has 0 spiro atoms. The fourth-order valence-corrected chi connectivity index (χ4v) is 8.01. The van der Waals surface area contributed by atoms with E-state index in [0.717, 1.165) is 0 Å². The van der Waals surface area contributed by atoms with Gasteiger partial charge in [-0.25, -0.2) is 0 Å². The first-order valence-corrected chi connectivity index (χ1v) is 14.9. The van der Waals surface area contributed by atoms with Crippen molar-refractivity contribution in [3.8, 4) is 22.3 Å². The van der Waals surface area contributed by atoms with Crippen molar-refractivity contribution in [1.29, 1.82) is 0 Å². The van der Waals surface area contributed by atoms with Gasteiger partial charge in [0.05, 0.1) is 0 Å². The highest BCUT2D eigenvalue weighted by Crippen LogP contribution is 2.44. The summed E-state index contributed by atoms with van der Waals surface area (Å²) in [5, 5.41) is 13.0. The molecule has 190 valence electrons. The molecule has 9 aromatic rings. The second kappa shape index (κ2) is 8.76. The maximum Gasteiger partial charge on any atom is 0.0434 e. The molecule has 1 heterocycles. The summed E-state index contributed by atoms with van der Waals surface area (Å²) in [6, 6.07) is 53.7. The number of rotatable bonds is 2. The molecule has 0 saturated carbocycles. The lowest BCUT2D eigenvalue weighted by atomic mass is 9.95. The summed E-state index contributed by atoms with van der Waals surface area (Å²) in [6.07, 6.45) is 0.